The SMILES string of the molecule is CC1=[C]([Ti+]([C]2=C(C)C=CC2)[c]2ccccc2C(F)(F)F)CC=C1.[Cl-]. The molecule has 0 unspecified atom stereocenters. The van der Waals surface area contributed by atoms with Gasteiger partial charge in [0.15, 0.2) is 0 Å². The topological polar surface area (TPSA) is 0 Å². The van der Waals surface area contributed by atoms with Crippen molar-refractivity contribution in [2.24, 2.45) is 0 Å². The van der Waals surface area contributed by atoms with Gasteiger partial charge in [0.1, 0.15) is 0 Å². The quantitative estimate of drug-likeness (QED) is 0.700. The summed E-state index contributed by atoms with van der Waals surface area (Å²) < 4.78 is 43.7. The van der Waals surface area contributed by atoms with Crippen LogP contribution in [0.2, 0.25) is 0 Å². The molecule has 0 nitrogen and oxygen atoms in total. The number of hydrogen-bond donors (Lipinski definition) is 0. The minimum Gasteiger partial charge on any atom is -1.00 e. The van der Waals surface area contributed by atoms with Crippen LogP contribution in [0.1, 0.15) is 32.3 Å². The molecular formula is C19H18ClF3Ti. The summed E-state index contributed by atoms with van der Waals surface area (Å²) in [5, 5.41) is 0. The second kappa shape index (κ2) is 7.47. The Kier molecular flexibility index (Phi) is 6.01. The molecule has 2 aliphatic carbocycles. The second-order valence-corrected chi connectivity index (χ2v) is 9.85. The molecule has 0 fully saturated rings. The van der Waals surface area contributed by atoms with Gasteiger partial charge in [-0.1, -0.05) is 0 Å². The van der Waals surface area contributed by atoms with Crippen molar-refractivity contribution in [1.29, 1.82) is 0 Å². The van der Waals surface area contributed by atoms with E-state index in [0.717, 1.165) is 24.0 Å². The predicted molar refractivity (Wildman–Crippen MR) is 84.0 cm³/mol. The second-order valence-electron chi connectivity index (χ2n) is 5.95. The molecule has 1 aromatic rings. The van der Waals surface area contributed by atoms with Crippen LogP contribution >= 0.6 is 0 Å². The van der Waals surface area contributed by atoms with Gasteiger partial charge in [-0.2, -0.15) is 0 Å². The molecule has 3 rings (SSSR count). The average molecular weight is 387 g/mol. The first kappa shape index (κ1) is 19.3. The van der Waals surface area contributed by atoms with E-state index < -0.39 is 29.6 Å². The van der Waals surface area contributed by atoms with Gasteiger partial charge in [-0.3, -0.25) is 0 Å². The summed E-state index contributed by atoms with van der Waals surface area (Å²) in [6.07, 6.45) is 5.55. The fraction of sp³-hybridized carbons (Fsp3) is 0.263. The van der Waals surface area contributed by atoms with Gasteiger partial charge in [-0.05, 0) is 0 Å². The fourth-order valence-electron chi connectivity index (χ4n) is 3.28. The summed E-state index contributed by atoms with van der Waals surface area (Å²) in [6.45, 7) is 4.06. The molecule has 0 spiro atoms. The van der Waals surface area contributed by atoms with E-state index in [-0.39, 0.29) is 12.4 Å². The first-order valence-electron chi connectivity index (χ1n) is 7.66. The Morgan fingerprint density at radius 1 is 0.875 bits per heavy atom. The zero-order chi connectivity index (χ0) is 16.6. The van der Waals surface area contributed by atoms with Crippen molar-refractivity contribution in [3.05, 3.63) is 73.0 Å². The van der Waals surface area contributed by atoms with Crippen LogP contribution in [0.3, 0.4) is 0 Å². The van der Waals surface area contributed by atoms with Gasteiger partial charge in [0.2, 0.25) is 0 Å². The van der Waals surface area contributed by atoms with Crippen LogP contribution < -0.4 is 16.3 Å². The summed E-state index contributed by atoms with van der Waals surface area (Å²) in [5.74, 6) is 0. The fourth-order valence-corrected chi connectivity index (χ4v) is 8.55. The van der Waals surface area contributed by atoms with E-state index in [1.807, 2.05) is 13.8 Å². The van der Waals surface area contributed by atoms with Gasteiger partial charge in [0.05, 0.1) is 0 Å². The molecule has 0 aromatic heterocycles. The minimum absolute atomic E-state index is 0. The summed E-state index contributed by atoms with van der Waals surface area (Å²) >= 11 is -2.39. The van der Waals surface area contributed by atoms with Crippen LogP contribution in [0.4, 0.5) is 13.2 Å². The Hall–Kier alpha value is -1.03. The van der Waals surface area contributed by atoms with Crippen LogP contribution in [-0.4, -0.2) is 0 Å². The van der Waals surface area contributed by atoms with E-state index in [0.29, 0.717) is 3.87 Å². The first-order chi connectivity index (χ1) is 10.9. The van der Waals surface area contributed by atoms with Gasteiger partial charge in [0.25, 0.3) is 0 Å². The summed E-state index contributed by atoms with van der Waals surface area (Å²) in [5.41, 5.74) is 1.86. The molecule has 0 atom stereocenters. The minimum atomic E-state index is -4.30. The molecule has 0 heterocycles. The standard InChI is InChI=1S/C7H4F3.2C6H7.ClH.Ti/c8-7(9,10)6-4-2-1-3-5-6;2*1-6-4-2-3-5-6;;/h1-4H;2*2,4H,3H2,1H3;1H;/q;;;;+1/p-1. The maximum absolute atomic E-state index is 13.5. The Morgan fingerprint density at radius 3 is 1.79 bits per heavy atom. The number of benzene rings is 1. The van der Waals surface area contributed by atoms with Crippen LogP contribution in [0.15, 0.2) is 67.5 Å². The molecule has 0 radical (unpaired) electrons. The average Bonchev–Trinajstić information content (AvgIpc) is 3.09. The molecule has 1 aromatic carbocycles. The van der Waals surface area contributed by atoms with Crippen LogP contribution in [-0.2, 0) is 24.0 Å². The third kappa shape index (κ3) is 3.64. The Bertz CT molecular complexity index is 718. The van der Waals surface area contributed by atoms with Gasteiger partial charge in [-0.25, -0.2) is 0 Å². The monoisotopic (exact) mass is 386 g/mol. The first-order valence-corrected chi connectivity index (χ1v) is 10.0. The zero-order valence-corrected chi connectivity index (χ0v) is 15.9. The third-order valence-corrected chi connectivity index (χ3v) is 9.71. The molecule has 0 saturated carbocycles. The molecule has 5 heteroatoms. The van der Waals surface area contributed by atoms with Gasteiger partial charge in [-0.15, -0.1) is 0 Å². The van der Waals surface area contributed by atoms with Crippen molar-refractivity contribution in [3.8, 4) is 0 Å². The number of halogens is 4. The summed E-state index contributed by atoms with van der Waals surface area (Å²) in [4.78, 5) is 0. The maximum Gasteiger partial charge on any atom is -1.00 e. The van der Waals surface area contributed by atoms with E-state index in [1.54, 1.807) is 12.1 Å². The molecule has 0 aliphatic heterocycles. The van der Waals surface area contributed by atoms with Crippen molar-refractivity contribution < 1.29 is 43.4 Å². The molecule has 0 N–H and O–H groups in total. The zero-order valence-electron chi connectivity index (χ0n) is 13.5. The smallest absolute Gasteiger partial charge is 1.00 e. The summed E-state index contributed by atoms with van der Waals surface area (Å²) in [7, 11) is 0. The molecule has 0 bridgehead atoms. The van der Waals surface area contributed by atoms with E-state index in [2.05, 4.69) is 24.3 Å². The molecule has 24 heavy (non-hydrogen) atoms. The van der Waals surface area contributed by atoms with Crippen molar-refractivity contribution >= 4 is 3.87 Å². The van der Waals surface area contributed by atoms with E-state index >= 15 is 0 Å². The number of hydrogen-bond acceptors (Lipinski definition) is 0. The molecule has 0 saturated heterocycles. The van der Waals surface area contributed by atoms with E-state index in [4.69, 9.17) is 0 Å². The van der Waals surface area contributed by atoms with E-state index in [1.165, 1.54) is 19.9 Å². The van der Waals surface area contributed by atoms with Crippen molar-refractivity contribution in [1.82, 2.24) is 0 Å². The Labute approximate surface area is 153 Å². The molecule has 2 aliphatic rings. The molecule has 0 amide bonds. The van der Waals surface area contributed by atoms with Gasteiger partial charge < -0.3 is 12.4 Å². The normalized spacial score (nSPS) is 16.9. The maximum atomic E-state index is 13.5. The van der Waals surface area contributed by atoms with Gasteiger partial charge in [0, 0.05) is 0 Å². The van der Waals surface area contributed by atoms with Crippen molar-refractivity contribution in [2.45, 2.75) is 32.9 Å². The third-order valence-electron chi connectivity index (χ3n) is 4.44. The molecular weight excluding hydrogens is 369 g/mol. The number of allylic oxidation sites excluding steroid dienone is 8. The number of rotatable bonds is 3. The predicted octanol–water partition coefficient (Wildman–Crippen LogP) is 2.42. The Balaban J connectivity index is 0.00000208. The van der Waals surface area contributed by atoms with Crippen LogP contribution in [0.25, 0.3) is 0 Å². The number of alkyl halides is 3. The van der Waals surface area contributed by atoms with Crippen molar-refractivity contribution in [2.75, 3.05) is 0 Å². The van der Waals surface area contributed by atoms with E-state index in [9.17, 15) is 13.2 Å². The van der Waals surface area contributed by atoms with Gasteiger partial charge >= 0.3 is 141 Å². The summed E-state index contributed by atoms with van der Waals surface area (Å²) in [6, 6.07) is 6.17. The van der Waals surface area contributed by atoms with Crippen LogP contribution in [0, 0.1) is 0 Å². The van der Waals surface area contributed by atoms with Crippen LogP contribution in [0.5, 0.6) is 0 Å². The van der Waals surface area contributed by atoms with Crippen molar-refractivity contribution in [3.63, 3.8) is 0 Å². The largest absolute Gasteiger partial charge is 1.00 e. The molecule has 126 valence electrons. The Morgan fingerprint density at radius 2 is 1.38 bits per heavy atom.